The van der Waals surface area contributed by atoms with Gasteiger partial charge in [0.15, 0.2) is 0 Å². The van der Waals surface area contributed by atoms with Crippen LogP contribution in [0.2, 0.25) is 0 Å². The van der Waals surface area contributed by atoms with Gasteiger partial charge in [0, 0.05) is 18.2 Å². The standard InChI is InChI=1S/C13H19NO3/c1-3-13(12(15)16)5-6-14(9-13)10(2)11-4-7-17-8-11/h4,7-8,10H,3,5-6,9H2,1-2H3,(H,15,16). The van der Waals surface area contributed by atoms with Gasteiger partial charge in [-0.2, -0.15) is 0 Å². The van der Waals surface area contributed by atoms with Crippen LogP contribution in [-0.4, -0.2) is 29.1 Å². The highest BCUT2D eigenvalue weighted by molar-refractivity contribution is 5.75. The van der Waals surface area contributed by atoms with Gasteiger partial charge in [-0.05, 0) is 32.4 Å². The second-order valence-corrected chi connectivity index (χ2v) is 4.89. The van der Waals surface area contributed by atoms with Crippen molar-refractivity contribution < 1.29 is 14.3 Å². The lowest BCUT2D eigenvalue weighted by Gasteiger charge is -2.26. The Morgan fingerprint density at radius 3 is 2.94 bits per heavy atom. The molecule has 1 N–H and O–H groups in total. The molecule has 4 heteroatoms. The van der Waals surface area contributed by atoms with Crippen molar-refractivity contribution >= 4 is 5.97 Å². The van der Waals surface area contributed by atoms with Gasteiger partial charge in [-0.15, -0.1) is 0 Å². The summed E-state index contributed by atoms with van der Waals surface area (Å²) in [4.78, 5) is 13.6. The van der Waals surface area contributed by atoms with Crippen LogP contribution in [-0.2, 0) is 4.79 Å². The van der Waals surface area contributed by atoms with Crippen molar-refractivity contribution in [1.29, 1.82) is 0 Å². The summed E-state index contributed by atoms with van der Waals surface area (Å²) in [5.41, 5.74) is 0.556. The minimum Gasteiger partial charge on any atom is -0.481 e. The summed E-state index contributed by atoms with van der Waals surface area (Å²) in [5.74, 6) is -0.665. The minimum atomic E-state index is -0.665. The number of carboxylic acid groups (broad SMARTS) is 1. The van der Waals surface area contributed by atoms with Crippen LogP contribution in [0, 0.1) is 5.41 Å². The Bertz CT molecular complexity index is 387. The average Bonchev–Trinajstić information content (AvgIpc) is 2.98. The van der Waals surface area contributed by atoms with E-state index in [0.29, 0.717) is 13.0 Å². The van der Waals surface area contributed by atoms with Crippen molar-refractivity contribution in [3.8, 4) is 0 Å². The topological polar surface area (TPSA) is 53.7 Å². The Balaban J connectivity index is 2.09. The van der Waals surface area contributed by atoms with Crippen molar-refractivity contribution in [2.45, 2.75) is 32.7 Å². The van der Waals surface area contributed by atoms with E-state index in [2.05, 4.69) is 11.8 Å². The molecular formula is C13H19NO3. The molecule has 0 bridgehead atoms. The molecule has 1 aliphatic rings. The number of rotatable bonds is 4. The maximum atomic E-state index is 11.4. The third-order valence-corrected chi connectivity index (χ3v) is 4.09. The van der Waals surface area contributed by atoms with Crippen LogP contribution in [0.15, 0.2) is 23.0 Å². The van der Waals surface area contributed by atoms with Gasteiger partial charge in [0.2, 0.25) is 0 Å². The molecule has 0 spiro atoms. The van der Waals surface area contributed by atoms with Crippen LogP contribution in [0.3, 0.4) is 0 Å². The number of nitrogens with zero attached hydrogens (tertiary/aromatic N) is 1. The lowest BCUT2D eigenvalue weighted by molar-refractivity contribution is -0.148. The first kappa shape index (κ1) is 12.2. The van der Waals surface area contributed by atoms with Crippen LogP contribution < -0.4 is 0 Å². The highest BCUT2D eigenvalue weighted by Crippen LogP contribution is 2.38. The van der Waals surface area contributed by atoms with Gasteiger partial charge >= 0.3 is 5.97 Å². The van der Waals surface area contributed by atoms with E-state index in [1.54, 1.807) is 12.5 Å². The molecule has 2 heterocycles. The highest BCUT2D eigenvalue weighted by Gasteiger charge is 2.44. The van der Waals surface area contributed by atoms with Gasteiger partial charge in [-0.3, -0.25) is 9.69 Å². The van der Waals surface area contributed by atoms with Crippen LogP contribution in [0.25, 0.3) is 0 Å². The third kappa shape index (κ3) is 2.09. The maximum absolute atomic E-state index is 11.4. The molecule has 0 radical (unpaired) electrons. The molecule has 94 valence electrons. The minimum absolute atomic E-state index is 0.224. The summed E-state index contributed by atoms with van der Waals surface area (Å²) in [7, 11) is 0. The van der Waals surface area contributed by atoms with Gasteiger partial charge in [0.25, 0.3) is 0 Å². The molecule has 0 aromatic carbocycles. The molecular weight excluding hydrogens is 218 g/mol. The largest absolute Gasteiger partial charge is 0.481 e. The lowest BCUT2D eigenvalue weighted by Crippen LogP contribution is -2.34. The Kier molecular flexibility index (Phi) is 3.24. The number of hydrogen-bond acceptors (Lipinski definition) is 3. The van der Waals surface area contributed by atoms with Gasteiger partial charge in [-0.1, -0.05) is 6.92 Å². The van der Waals surface area contributed by atoms with Gasteiger partial charge < -0.3 is 9.52 Å². The number of carbonyl (C=O) groups is 1. The summed E-state index contributed by atoms with van der Waals surface area (Å²) in [6, 6.07) is 2.17. The summed E-state index contributed by atoms with van der Waals surface area (Å²) >= 11 is 0. The maximum Gasteiger partial charge on any atom is 0.310 e. The number of aliphatic carboxylic acids is 1. The number of likely N-dealkylation sites (tertiary alicyclic amines) is 1. The van der Waals surface area contributed by atoms with Gasteiger partial charge in [0.05, 0.1) is 17.9 Å². The fraction of sp³-hybridized carbons (Fsp3) is 0.615. The molecule has 2 rings (SSSR count). The van der Waals surface area contributed by atoms with E-state index in [1.807, 2.05) is 13.0 Å². The van der Waals surface area contributed by atoms with E-state index >= 15 is 0 Å². The summed E-state index contributed by atoms with van der Waals surface area (Å²) in [6.45, 7) is 5.52. The lowest BCUT2D eigenvalue weighted by atomic mass is 9.84. The zero-order valence-corrected chi connectivity index (χ0v) is 10.3. The molecule has 0 aliphatic carbocycles. The molecule has 0 saturated carbocycles. The first-order valence-corrected chi connectivity index (χ1v) is 6.08. The fourth-order valence-corrected chi connectivity index (χ4v) is 2.57. The molecule has 1 aliphatic heterocycles. The molecule has 1 saturated heterocycles. The molecule has 1 fully saturated rings. The third-order valence-electron chi connectivity index (χ3n) is 4.09. The predicted octanol–water partition coefficient (Wildman–Crippen LogP) is 2.53. The van der Waals surface area contributed by atoms with E-state index in [-0.39, 0.29) is 6.04 Å². The molecule has 1 aromatic heterocycles. The van der Waals surface area contributed by atoms with E-state index in [0.717, 1.165) is 18.5 Å². The molecule has 2 unspecified atom stereocenters. The first-order valence-electron chi connectivity index (χ1n) is 6.08. The molecule has 4 nitrogen and oxygen atoms in total. The van der Waals surface area contributed by atoms with Crippen LogP contribution >= 0.6 is 0 Å². The summed E-state index contributed by atoms with van der Waals surface area (Å²) < 4.78 is 5.08. The zero-order chi connectivity index (χ0) is 12.5. The van der Waals surface area contributed by atoms with Crippen LogP contribution in [0.1, 0.15) is 38.3 Å². The predicted molar refractivity (Wildman–Crippen MR) is 63.7 cm³/mol. The Hall–Kier alpha value is -1.29. The van der Waals surface area contributed by atoms with E-state index in [1.165, 1.54) is 0 Å². The Labute approximate surface area is 101 Å². The fourth-order valence-electron chi connectivity index (χ4n) is 2.57. The summed E-state index contributed by atoms with van der Waals surface area (Å²) in [6.07, 6.45) is 4.82. The van der Waals surface area contributed by atoms with Crippen molar-refractivity contribution in [3.05, 3.63) is 24.2 Å². The van der Waals surface area contributed by atoms with Gasteiger partial charge in [-0.25, -0.2) is 0 Å². The smallest absolute Gasteiger partial charge is 0.310 e. The molecule has 1 aromatic rings. The normalized spacial score (nSPS) is 27.2. The number of hydrogen-bond donors (Lipinski definition) is 1. The summed E-state index contributed by atoms with van der Waals surface area (Å²) in [5, 5.41) is 9.35. The van der Waals surface area contributed by atoms with E-state index in [4.69, 9.17) is 4.42 Å². The van der Waals surface area contributed by atoms with Crippen molar-refractivity contribution in [1.82, 2.24) is 4.90 Å². The Morgan fingerprint density at radius 2 is 2.47 bits per heavy atom. The first-order chi connectivity index (χ1) is 8.09. The van der Waals surface area contributed by atoms with E-state index < -0.39 is 11.4 Å². The van der Waals surface area contributed by atoms with Gasteiger partial charge in [0.1, 0.15) is 0 Å². The van der Waals surface area contributed by atoms with Crippen LogP contribution in [0.5, 0.6) is 0 Å². The second-order valence-electron chi connectivity index (χ2n) is 4.89. The van der Waals surface area contributed by atoms with Crippen molar-refractivity contribution in [2.75, 3.05) is 13.1 Å². The van der Waals surface area contributed by atoms with Crippen molar-refractivity contribution in [2.24, 2.45) is 5.41 Å². The molecule has 0 amide bonds. The monoisotopic (exact) mass is 237 g/mol. The van der Waals surface area contributed by atoms with E-state index in [9.17, 15) is 9.90 Å². The average molecular weight is 237 g/mol. The molecule has 2 atom stereocenters. The zero-order valence-electron chi connectivity index (χ0n) is 10.3. The quantitative estimate of drug-likeness (QED) is 0.874. The highest BCUT2D eigenvalue weighted by atomic mass is 16.4. The van der Waals surface area contributed by atoms with Crippen LogP contribution in [0.4, 0.5) is 0 Å². The molecule has 17 heavy (non-hydrogen) atoms. The Morgan fingerprint density at radius 1 is 1.71 bits per heavy atom. The van der Waals surface area contributed by atoms with Crippen molar-refractivity contribution in [3.63, 3.8) is 0 Å². The SMILES string of the molecule is CCC1(C(=O)O)CCN(C(C)c2ccoc2)C1. The number of carboxylic acids is 1. The second kappa shape index (κ2) is 4.53. The number of furan rings is 1.